The van der Waals surface area contributed by atoms with Gasteiger partial charge in [0.25, 0.3) is 4.96 Å². The zero-order valence-corrected chi connectivity index (χ0v) is 13.7. The number of fused-ring (bicyclic) bond motifs is 1. The first-order valence-corrected chi connectivity index (χ1v) is 8.52. The fourth-order valence-electron chi connectivity index (χ4n) is 3.18. The van der Waals surface area contributed by atoms with Crippen LogP contribution in [-0.4, -0.2) is 21.4 Å². The Balaban J connectivity index is 1.79. The molecule has 8 heteroatoms. The van der Waals surface area contributed by atoms with Crippen LogP contribution in [0, 0.1) is 21.8 Å². The fourth-order valence-corrected chi connectivity index (χ4v) is 3.89. The summed E-state index contributed by atoms with van der Waals surface area (Å²) in [6, 6.07) is 6.31. The van der Waals surface area contributed by atoms with Gasteiger partial charge in [0.05, 0.1) is 6.04 Å². The first kappa shape index (κ1) is 15.1. The second kappa shape index (κ2) is 5.55. The predicted octanol–water partition coefficient (Wildman–Crippen LogP) is 4.03. The van der Waals surface area contributed by atoms with Gasteiger partial charge in [-0.2, -0.15) is 9.38 Å². The van der Waals surface area contributed by atoms with Crippen LogP contribution in [0.15, 0.2) is 35.8 Å². The molecule has 0 saturated heterocycles. The van der Waals surface area contributed by atoms with Crippen molar-refractivity contribution in [1.29, 1.82) is 0 Å². The molecule has 0 bridgehead atoms. The molecule has 1 aromatic carbocycles. The molecule has 1 unspecified atom stereocenters. The maximum absolute atomic E-state index is 13.2. The average molecular weight is 346 g/mol. The summed E-state index contributed by atoms with van der Waals surface area (Å²) in [6.45, 7) is 0. The van der Waals surface area contributed by atoms with Gasteiger partial charge in [-0.15, -0.1) is 0 Å². The van der Waals surface area contributed by atoms with E-state index < -0.39 is 4.92 Å². The average Bonchev–Trinajstić information content (AvgIpc) is 3.15. The van der Waals surface area contributed by atoms with Gasteiger partial charge >= 0.3 is 5.82 Å². The number of hydrogen-bond donors (Lipinski definition) is 0. The van der Waals surface area contributed by atoms with Crippen LogP contribution in [0.25, 0.3) is 4.96 Å². The number of thiazole rings is 1. The van der Waals surface area contributed by atoms with Crippen molar-refractivity contribution in [2.24, 2.45) is 5.92 Å². The normalized spacial score (nSPS) is 15.6. The quantitative estimate of drug-likeness (QED) is 0.517. The third-order valence-corrected chi connectivity index (χ3v) is 5.18. The molecular formula is C16H15FN4O2S. The molecule has 1 aliphatic carbocycles. The van der Waals surface area contributed by atoms with Crippen LogP contribution in [0.1, 0.15) is 24.4 Å². The van der Waals surface area contributed by atoms with Gasteiger partial charge in [0, 0.05) is 12.4 Å². The Bertz CT molecular complexity index is 901. The van der Waals surface area contributed by atoms with E-state index in [1.807, 2.05) is 11.9 Å². The number of nitro groups is 1. The molecule has 4 rings (SSSR count). The lowest BCUT2D eigenvalue weighted by Crippen LogP contribution is -2.27. The molecule has 1 fully saturated rings. The van der Waals surface area contributed by atoms with E-state index in [9.17, 15) is 14.5 Å². The molecule has 3 aromatic rings. The van der Waals surface area contributed by atoms with E-state index >= 15 is 0 Å². The number of halogens is 1. The van der Waals surface area contributed by atoms with Crippen LogP contribution < -0.4 is 4.90 Å². The lowest BCUT2D eigenvalue weighted by Gasteiger charge is -2.28. The van der Waals surface area contributed by atoms with Gasteiger partial charge in [-0.1, -0.05) is 23.5 Å². The fraction of sp³-hybridized carbons (Fsp3) is 0.312. The molecule has 0 aliphatic heterocycles. The summed E-state index contributed by atoms with van der Waals surface area (Å²) in [5, 5.41) is 13.3. The maximum atomic E-state index is 13.2. The smallest absolute Gasteiger partial charge is 0.358 e. The van der Waals surface area contributed by atoms with Crippen molar-refractivity contribution < 1.29 is 9.31 Å². The third-order valence-electron chi connectivity index (χ3n) is 4.42. The van der Waals surface area contributed by atoms with Crippen molar-refractivity contribution in [1.82, 2.24) is 9.38 Å². The van der Waals surface area contributed by atoms with Crippen molar-refractivity contribution >= 4 is 27.9 Å². The van der Waals surface area contributed by atoms with Crippen LogP contribution >= 0.6 is 11.3 Å². The van der Waals surface area contributed by atoms with Gasteiger partial charge in [0.15, 0.2) is 0 Å². The highest BCUT2D eigenvalue weighted by atomic mass is 32.1. The topological polar surface area (TPSA) is 63.7 Å². The molecule has 0 radical (unpaired) electrons. The number of nitrogens with zero attached hydrogens (tertiary/aromatic N) is 4. The van der Waals surface area contributed by atoms with E-state index in [1.165, 1.54) is 27.9 Å². The Morgan fingerprint density at radius 2 is 2.12 bits per heavy atom. The van der Waals surface area contributed by atoms with Gasteiger partial charge in [-0.05, 0) is 41.4 Å². The molecule has 2 heterocycles. The molecule has 124 valence electrons. The molecule has 2 aromatic heterocycles. The van der Waals surface area contributed by atoms with E-state index in [0.717, 1.165) is 18.4 Å². The van der Waals surface area contributed by atoms with Crippen LogP contribution in [0.3, 0.4) is 0 Å². The molecule has 1 atom stereocenters. The minimum Gasteiger partial charge on any atom is -0.358 e. The predicted molar refractivity (Wildman–Crippen MR) is 90.0 cm³/mol. The van der Waals surface area contributed by atoms with Crippen LogP contribution in [-0.2, 0) is 0 Å². The Kier molecular flexibility index (Phi) is 3.49. The summed E-state index contributed by atoms with van der Waals surface area (Å²) in [7, 11) is 1.83. The van der Waals surface area contributed by atoms with Gasteiger partial charge in [-0.3, -0.25) is 0 Å². The molecule has 1 saturated carbocycles. The third kappa shape index (κ3) is 2.43. The standard InChI is InChI=1S/C16H15FN4O2S/c1-19(13(10-2-3-10)11-4-6-12(17)7-5-11)14-15(21(22)23)20-8-9-24-16(20)18-14/h4-10,13H,2-3H2,1H3. The summed E-state index contributed by atoms with van der Waals surface area (Å²) in [4.78, 5) is 18.1. The molecule has 0 N–H and O–H groups in total. The van der Waals surface area contributed by atoms with Gasteiger partial charge in [0.2, 0.25) is 5.82 Å². The summed E-state index contributed by atoms with van der Waals surface area (Å²) in [5.74, 6) is 0.443. The summed E-state index contributed by atoms with van der Waals surface area (Å²) < 4.78 is 14.7. The van der Waals surface area contributed by atoms with Gasteiger partial charge < -0.3 is 15.0 Å². The van der Waals surface area contributed by atoms with Gasteiger partial charge in [0.1, 0.15) is 12.0 Å². The summed E-state index contributed by atoms with van der Waals surface area (Å²) in [5.41, 5.74) is 0.951. The van der Waals surface area contributed by atoms with Crippen LogP contribution in [0.4, 0.5) is 16.0 Å². The number of imidazole rings is 1. The van der Waals surface area contributed by atoms with Crippen molar-refractivity contribution in [3.63, 3.8) is 0 Å². The van der Waals surface area contributed by atoms with Crippen molar-refractivity contribution in [2.45, 2.75) is 18.9 Å². The number of aromatic nitrogens is 2. The van der Waals surface area contributed by atoms with E-state index in [1.54, 1.807) is 23.7 Å². The lowest BCUT2D eigenvalue weighted by molar-refractivity contribution is -0.389. The minimum absolute atomic E-state index is 0.0264. The van der Waals surface area contributed by atoms with Crippen LogP contribution in [0.5, 0.6) is 0 Å². The molecular weight excluding hydrogens is 331 g/mol. The summed E-state index contributed by atoms with van der Waals surface area (Å²) in [6.07, 6.45) is 3.78. The lowest BCUT2D eigenvalue weighted by atomic mass is 10.0. The second-order valence-corrected chi connectivity index (χ2v) is 6.89. The zero-order valence-electron chi connectivity index (χ0n) is 12.9. The van der Waals surface area contributed by atoms with Crippen molar-refractivity contribution in [3.8, 4) is 0 Å². The first-order valence-electron chi connectivity index (χ1n) is 7.64. The van der Waals surface area contributed by atoms with E-state index in [2.05, 4.69) is 4.98 Å². The maximum Gasteiger partial charge on any atom is 0.373 e. The Labute approximate surface area is 141 Å². The van der Waals surface area contributed by atoms with E-state index in [0.29, 0.717) is 16.7 Å². The van der Waals surface area contributed by atoms with E-state index in [4.69, 9.17) is 0 Å². The molecule has 24 heavy (non-hydrogen) atoms. The SMILES string of the molecule is CN(c1nc2sccn2c1[N+](=O)[O-])C(c1ccc(F)cc1)C1CC1. The highest BCUT2D eigenvalue weighted by Gasteiger charge is 2.39. The number of benzene rings is 1. The molecule has 1 aliphatic rings. The summed E-state index contributed by atoms with van der Waals surface area (Å²) >= 11 is 1.36. The largest absolute Gasteiger partial charge is 0.373 e. The highest BCUT2D eigenvalue weighted by Crippen LogP contribution is 2.47. The van der Waals surface area contributed by atoms with Crippen molar-refractivity contribution in [2.75, 3.05) is 11.9 Å². The zero-order chi connectivity index (χ0) is 16.8. The van der Waals surface area contributed by atoms with E-state index in [-0.39, 0.29) is 17.7 Å². The monoisotopic (exact) mass is 346 g/mol. The van der Waals surface area contributed by atoms with Crippen molar-refractivity contribution in [3.05, 3.63) is 57.3 Å². The van der Waals surface area contributed by atoms with Crippen LogP contribution in [0.2, 0.25) is 0 Å². The molecule has 6 nitrogen and oxygen atoms in total. The Morgan fingerprint density at radius 1 is 1.42 bits per heavy atom. The minimum atomic E-state index is -0.396. The second-order valence-electron chi connectivity index (χ2n) is 6.02. The number of rotatable bonds is 5. The highest BCUT2D eigenvalue weighted by molar-refractivity contribution is 7.15. The molecule has 0 amide bonds. The molecule has 0 spiro atoms. The first-order chi connectivity index (χ1) is 11.6. The number of hydrogen-bond acceptors (Lipinski definition) is 5. The van der Waals surface area contributed by atoms with Gasteiger partial charge in [-0.25, -0.2) is 4.39 Å². The Hall–Kier alpha value is -2.48. The Morgan fingerprint density at radius 3 is 2.75 bits per heavy atom. The number of anilines is 1.